The number of nitrogens with zero attached hydrogens (tertiary/aromatic N) is 2. The lowest BCUT2D eigenvalue weighted by atomic mass is 10.4. The third-order valence-electron chi connectivity index (χ3n) is 1.51. The van der Waals surface area contributed by atoms with Crippen molar-refractivity contribution in [3.05, 3.63) is 30.1 Å². The molecule has 0 aliphatic carbocycles. The molecule has 0 aliphatic rings. The summed E-state index contributed by atoms with van der Waals surface area (Å²) in [5, 5.41) is 4.11. The Balaban J connectivity index is 2.50. The molecule has 1 heterocycles. The summed E-state index contributed by atoms with van der Waals surface area (Å²) in [5.74, 6) is 0. The number of allylic oxidation sites excluding steroid dienone is 1. The minimum Gasteiger partial charge on any atom is -0.327 e. The van der Waals surface area contributed by atoms with Crippen molar-refractivity contribution >= 4 is 0 Å². The van der Waals surface area contributed by atoms with E-state index in [4.69, 9.17) is 5.73 Å². The maximum atomic E-state index is 5.29. The Labute approximate surface area is 66.5 Å². The van der Waals surface area contributed by atoms with Gasteiger partial charge in [0.2, 0.25) is 0 Å². The van der Waals surface area contributed by atoms with Crippen LogP contribution in [0.5, 0.6) is 0 Å². The van der Waals surface area contributed by atoms with Crippen LogP contribution in [0, 0.1) is 6.92 Å². The smallest absolute Gasteiger partial charge is 0.0593 e. The molecule has 0 saturated heterocycles. The van der Waals surface area contributed by atoms with E-state index < -0.39 is 0 Å². The van der Waals surface area contributed by atoms with Gasteiger partial charge in [-0.15, -0.1) is 0 Å². The normalized spacial score (nSPS) is 11.1. The Bertz CT molecular complexity index is 237. The number of nitrogens with two attached hydrogens (primary N) is 1. The highest BCUT2D eigenvalue weighted by molar-refractivity contribution is 4.98. The predicted octanol–water partition coefficient (Wildman–Crippen LogP) is 0.706. The molecule has 3 heteroatoms. The van der Waals surface area contributed by atoms with E-state index in [0.29, 0.717) is 6.54 Å². The SMILES string of the molecule is Cc1ccnn1C/C=C/CN. The van der Waals surface area contributed by atoms with Gasteiger partial charge in [-0.05, 0) is 13.0 Å². The first-order chi connectivity index (χ1) is 5.34. The molecule has 0 aromatic carbocycles. The summed E-state index contributed by atoms with van der Waals surface area (Å²) >= 11 is 0. The summed E-state index contributed by atoms with van der Waals surface area (Å²) in [4.78, 5) is 0. The Morgan fingerprint density at radius 3 is 3.00 bits per heavy atom. The summed E-state index contributed by atoms with van der Waals surface area (Å²) in [6.45, 7) is 3.44. The van der Waals surface area contributed by atoms with E-state index in [1.165, 1.54) is 5.69 Å². The zero-order valence-corrected chi connectivity index (χ0v) is 6.70. The second-order valence-electron chi connectivity index (χ2n) is 2.36. The third kappa shape index (κ3) is 2.20. The van der Waals surface area contributed by atoms with Crippen molar-refractivity contribution < 1.29 is 0 Å². The van der Waals surface area contributed by atoms with Crippen molar-refractivity contribution in [3.63, 3.8) is 0 Å². The summed E-state index contributed by atoms with van der Waals surface area (Å²) in [7, 11) is 0. The molecule has 0 bridgehead atoms. The lowest BCUT2D eigenvalue weighted by Gasteiger charge is -1.97. The first kappa shape index (κ1) is 8.01. The minimum atomic E-state index is 0.598. The van der Waals surface area contributed by atoms with Gasteiger partial charge in [0.25, 0.3) is 0 Å². The lowest BCUT2D eigenvalue weighted by molar-refractivity contribution is 0.678. The molecule has 0 unspecified atom stereocenters. The topological polar surface area (TPSA) is 43.8 Å². The van der Waals surface area contributed by atoms with Gasteiger partial charge in [0.1, 0.15) is 0 Å². The summed E-state index contributed by atoms with van der Waals surface area (Å²) in [6, 6.07) is 1.98. The number of aryl methyl sites for hydroxylation is 1. The Morgan fingerprint density at radius 2 is 2.45 bits per heavy atom. The molecule has 60 valence electrons. The highest BCUT2D eigenvalue weighted by atomic mass is 15.3. The van der Waals surface area contributed by atoms with Crippen LogP contribution in [-0.2, 0) is 6.54 Å². The van der Waals surface area contributed by atoms with Crippen LogP contribution in [0.1, 0.15) is 5.69 Å². The van der Waals surface area contributed by atoms with E-state index >= 15 is 0 Å². The molecule has 3 nitrogen and oxygen atoms in total. The molecule has 0 atom stereocenters. The van der Waals surface area contributed by atoms with Crippen molar-refractivity contribution in [3.8, 4) is 0 Å². The molecule has 1 rings (SSSR count). The molecule has 1 aromatic heterocycles. The number of hydrogen-bond acceptors (Lipinski definition) is 2. The maximum Gasteiger partial charge on any atom is 0.0593 e. The Hall–Kier alpha value is -1.09. The predicted molar refractivity (Wildman–Crippen MR) is 45.2 cm³/mol. The highest BCUT2D eigenvalue weighted by Gasteiger charge is 1.90. The van der Waals surface area contributed by atoms with Gasteiger partial charge in [0.05, 0.1) is 6.54 Å². The fourth-order valence-electron chi connectivity index (χ4n) is 0.861. The van der Waals surface area contributed by atoms with Crippen LogP contribution in [0.3, 0.4) is 0 Å². The lowest BCUT2D eigenvalue weighted by Crippen LogP contribution is -2.00. The standard InChI is InChI=1S/C8H13N3/c1-8-4-6-10-11(8)7-3-2-5-9/h2-4,6H,5,7,9H2,1H3/b3-2+. The van der Waals surface area contributed by atoms with Crippen molar-refractivity contribution in [2.75, 3.05) is 6.54 Å². The van der Waals surface area contributed by atoms with Crippen molar-refractivity contribution in [1.29, 1.82) is 0 Å². The zero-order valence-electron chi connectivity index (χ0n) is 6.70. The molecule has 0 aliphatic heterocycles. The van der Waals surface area contributed by atoms with Crippen LogP contribution >= 0.6 is 0 Å². The fraction of sp³-hybridized carbons (Fsp3) is 0.375. The van der Waals surface area contributed by atoms with Crippen LogP contribution in [0.15, 0.2) is 24.4 Å². The Kier molecular flexibility index (Phi) is 2.86. The first-order valence-corrected chi connectivity index (χ1v) is 3.68. The van der Waals surface area contributed by atoms with Gasteiger partial charge in [-0.2, -0.15) is 5.10 Å². The minimum absolute atomic E-state index is 0.598. The van der Waals surface area contributed by atoms with Crippen LogP contribution in [0.25, 0.3) is 0 Å². The van der Waals surface area contributed by atoms with E-state index in [-0.39, 0.29) is 0 Å². The fourth-order valence-corrected chi connectivity index (χ4v) is 0.861. The van der Waals surface area contributed by atoms with Crippen LogP contribution in [0.2, 0.25) is 0 Å². The van der Waals surface area contributed by atoms with Gasteiger partial charge in [-0.3, -0.25) is 4.68 Å². The first-order valence-electron chi connectivity index (χ1n) is 3.68. The van der Waals surface area contributed by atoms with E-state index in [9.17, 15) is 0 Å². The summed E-state index contributed by atoms with van der Waals surface area (Å²) in [5.41, 5.74) is 6.46. The van der Waals surface area contributed by atoms with Crippen molar-refractivity contribution in [2.45, 2.75) is 13.5 Å². The van der Waals surface area contributed by atoms with Crippen LogP contribution in [0.4, 0.5) is 0 Å². The molecule has 2 N–H and O–H groups in total. The Morgan fingerprint density at radius 1 is 1.64 bits per heavy atom. The van der Waals surface area contributed by atoms with Crippen LogP contribution < -0.4 is 5.73 Å². The molecule has 0 radical (unpaired) electrons. The molecular weight excluding hydrogens is 138 g/mol. The molecule has 0 amide bonds. The third-order valence-corrected chi connectivity index (χ3v) is 1.51. The quantitative estimate of drug-likeness (QED) is 0.646. The van der Waals surface area contributed by atoms with Gasteiger partial charge in [-0.25, -0.2) is 0 Å². The molecule has 0 spiro atoms. The molecule has 0 saturated carbocycles. The van der Waals surface area contributed by atoms with Gasteiger partial charge in [0, 0.05) is 18.4 Å². The summed E-state index contributed by atoms with van der Waals surface area (Å²) in [6.07, 6.45) is 5.74. The van der Waals surface area contributed by atoms with Gasteiger partial charge >= 0.3 is 0 Å². The van der Waals surface area contributed by atoms with Gasteiger partial charge in [-0.1, -0.05) is 12.2 Å². The second-order valence-corrected chi connectivity index (χ2v) is 2.36. The van der Waals surface area contributed by atoms with E-state index in [2.05, 4.69) is 5.10 Å². The number of aromatic nitrogens is 2. The maximum absolute atomic E-state index is 5.29. The average molecular weight is 151 g/mol. The van der Waals surface area contributed by atoms with Crippen molar-refractivity contribution in [2.24, 2.45) is 5.73 Å². The van der Waals surface area contributed by atoms with Crippen LogP contribution in [-0.4, -0.2) is 16.3 Å². The number of hydrogen-bond donors (Lipinski definition) is 1. The molecule has 11 heavy (non-hydrogen) atoms. The molecular formula is C8H13N3. The van der Waals surface area contributed by atoms with Crippen molar-refractivity contribution in [1.82, 2.24) is 9.78 Å². The molecule has 1 aromatic rings. The van der Waals surface area contributed by atoms with E-state index in [1.54, 1.807) is 6.20 Å². The monoisotopic (exact) mass is 151 g/mol. The zero-order chi connectivity index (χ0) is 8.10. The van der Waals surface area contributed by atoms with E-state index in [1.807, 2.05) is 29.8 Å². The van der Waals surface area contributed by atoms with Gasteiger partial charge < -0.3 is 5.73 Å². The highest BCUT2D eigenvalue weighted by Crippen LogP contribution is 1.94. The van der Waals surface area contributed by atoms with E-state index in [0.717, 1.165) is 6.54 Å². The molecule has 0 fully saturated rings. The second kappa shape index (κ2) is 3.93. The largest absolute Gasteiger partial charge is 0.327 e. The average Bonchev–Trinajstić information content (AvgIpc) is 2.37. The number of rotatable bonds is 3. The summed E-state index contributed by atoms with van der Waals surface area (Å²) < 4.78 is 1.92. The van der Waals surface area contributed by atoms with Gasteiger partial charge in [0.15, 0.2) is 0 Å².